The maximum absolute atomic E-state index is 12.9. The number of amides is 1. The third kappa shape index (κ3) is 4.09. The molecule has 29 heavy (non-hydrogen) atoms. The van der Waals surface area contributed by atoms with Gasteiger partial charge < -0.3 is 15.4 Å². The lowest BCUT2D eigenvalue weighted by atomic mass is 9.97. The zero-order valence-corrected chi connectivity index (χ0v) is 16.9. The summed E-state index contributed by atoms with van der Waals surface area (Å²) in [6.45, 7) is 3.75. The molecule has 2 aromatic rings. The quantitative estimate of drug-likeness (QED) is 0.797. The molecule has 0 radical (unpaired) electrons. The first-order valence-electron chi connectivity index (χ1n) is 9.51. The highest BCUT2D eigenvalue weighted by atomic mass is 32.2. The highest BCUT2D eigenvalue weighted by Gasteiger charge is 2.27. The molecule has 1 aromatic carbocycles. The number of pyridine rings is 1. The van der Waals surface area contributed by atoms with Gasteiger partial charge in [0, 0.05) is 37.0 Å². The lowest BCUT2D eigenvalue weighted by molar-refractivity contribution is 0.0632. The number of rotatable bonds is 4. The summed E-state index contributed by atoms with van der Waals surface area (Å²) in [7, 11) is 0. The van der Waals surface area contributed by atoms with E-state index in [1.54, 1.807) is 24.5 Å². The van der Waals surface area contributed by atoms with Crippen LogP contribution in [0.1, 0.15) is 34.3 Å². The van der Waals surface area contributed by atoms with E-state index in [1.807, 2.05) is 24.0 Å². The number of carbonyl (C=O) groups is 1. The molecular weight excluding hydrogens is 390 g/mol. The van der Waals surface area contributed by atoms with Crippen LogP contribution in [-0.2, 0) is 11.2 Å². The molecule has 1 unspecified atom stereocenters. The minimum absolute atomic E-state index is 0.0368. The van der Waals surface area contributed by atoms with Gasteiger partial charge in [-0.15, -0.1) is 0 Å². The lowest BCUT2D eigenvalue weighted by Crippen LogP contribution is -2.41. The van der Waals surface area contributed by atoms with Gasteiger partial charge in [-0.2, -0.15) is 4.40 Å². The molecular formula is C20H23N5O3S. The van der Waals surface area contributed by atoms with Crippen molar-refractivity contribution >= 4 is 28.6 Å². The molecule has 3 N–H and O–H groups in total. The predicted molar refractivity (Wildman–Crippen MR) is 112 cm³/mol. The average molecular weight is 414 g/mol. The topological polar surface area (TPSA) is 110 Å². The number of aryl methyl sites for hydroxylation is 1. The molecule has 152 valence electrons. The highest BCUT2D eigenvalue weighted by molar-refractivity contribution is 7.85. The fourth-order valence-corrected chi connectivity index (χ4v) is 4.40. The highest BCUT2D eigenvalue weighted by Crippen LogP contribution is 2.30. The van der Waals surface area contributed by atoms with E-state index < -0.39 is 11.2 Å². The summed E-state index contributed by atoms with van der Waals surface area (Å²) in [6.07, 6.45) is 5.28. The number of likely N-dealkylation sites (tertiary alicyclic amines) is 1. The molecule has 9 heteroatoms. The third-order valence-corrected chi connectivity index (χ3v) is 5.95. The molecule has 0 bridgehead atoms. The van der Waals surface area contributed by atoms with E-state index in [2.05, 4.69) is 14.1 Å². The standard InChI is InChI=1S/C20H23N5O3S/c1-13-10-22-8-7-15(13)20(26)25-9-3-4-14(11-25)12-28-17-6-2-5-16-18(17)19(21)24-29(27)23-16/h2,5-8,10,14,23H,3-4,9,11-12H2,1H3,(H2,21,24)/t14-,29?/m0/s1. The number of benzene rings is 1. The zero-order valence-electron chi connectivity index (χ0n) is 16.1. The van der Waals surface area contributed by atoms with Crippen molar-refractivity contribution in [3.8, 4) is 5.75 Å². The number of piperidine rings is 1. The van der Waals surface area contributed by atoms with Crippen molar-refractivity contribution in [3.63, 3.8) is 0 Å². The van der Waals surface area contributed by atoms with Gasteiger partial charge in [-0.05, 0) is 43.5 Å². The Balaban J connectivity index is 1.44. The molecule has 2 atom stereocenters. The van der Waals surface area contributed by atoms with Crippen molar-refractivity contribution in [2.45, 2.75) is 19.8 Å². The van der Waals surface area contributed by atoms with E-state index in [1.165, 1.54) is 0 Å². The van der Waals surface area contributed by atoms with Gasteiger partial charge in [-0.1, -0.05) is 6.07 Å². The van der Waals surface area contributed by atoms with E-state index >= 15 is 0 Å². The van der Waals surface area contributed by atoms with Crippen molar-refractivity contribution in [1.82, 2.24) is 9.88 Å². The van der Waals surface area contributed by atoms with Gasteiger partial charge >= 0.3 is 0 Å². The number of ether oxygens (including phenoxy) is 1. The van der Waals surface area contributed by atoms with Crippen molar-refractivity contribution in [2.75, 3.05) is 24.4 Å². The van der Waals surface area contributed by atoms with E-state index in [-0.39, 0.29) is 17.7 Å². The largest absolute Gasteiger partial charge is 0.492 e. The normalized spacial score (nSPS) is 21.0. The van der Waals surface area contributed by atoms with Crippen LogP contribution in [0.2, 0.25) is 0 Å². The van der Waals surface area contributed by atoms with Crippen LogP contribution < -0.4 is 15.2 Å². The molecule has 0 aliphatic carbocycles. The summed E-state index contributed by atoms with van der Waals surface area (Å²) in [5.74, 6) is 1.05. The minimum Gasteiger partial charge on any atom is -0.492 e. The summed E-state index contributed by atoms with van der Waals surface area (Å²) in [5, 5.41) is 0. The van der Waals surface area contributed by atoms with Crippen molar-refractivity contribution < 1.29 is 13.7 Å². The minimum atomic E-state index is -1.57. The Kier molecular flexibility index (Phi) is 5.48. The van der Waals surface area contributed by atoms with E-state index in [9.17, 15) is 9.00 Å². The number of hydrogen-bond acceptors (Lipinski definition) is 5. The van der Waals surface area contributed by atoms with Crippen molar-refractivity contribution in [1.29, 1.82) is 0 Å². The Bertz CT molecular complexity index is 994. The van der Waals surface area contributed by atoms with Crippen LogP contribution in [0.25, 0.3) is 0 Å². The van der Waals surface area contributed by atoms with Gasteiger partial charge in [-0.3, -0.25) is 14.5 Å². The summed E-state index contributed by atoms with van der Waals surface area (Å²) >= 11 is -1.57. The van der Waals surface area contributed by atoms with Crippen LogP contribution in [0, 0.1) is 12.8 Å². The number of hydrogen-bond donors (Lipinski definition) is 2. The van der Waals surface area contributed by atoms with Crippen LogP contribution in [-0.4, -0.2) is 45.5 Å². The Morgan fingerprint density at radius 2 is 2.28 bits per heavy atom. The molecule has 0 saturated carbocycles. The summed E-state index contributed by atoms with van der Waals surface area (Å²) in [5.41, 5.74) is 8.81. The third-order valence-electron chi connectivity index (χ3n) is 5.19. The number of fused-ring (bicyclic) bond motifs is 1. The molecule has 1 saturated heterocycles. The number of nitrogens with one attached hydrogen (secondary N) is 1. The average Bonchev–Trinajstić information content (AvgIpc) is 2.72. The molecule has 1 fully saturated rings. The fraction of sp³-hybridized carbons (Fsp3) is 0.350. The number of anilines is 1. The first kappa shape index (κ1) is 19.4. The van der Waals surface area contributed by atoms with Crippen LogP contribution in [0.4, 0.5) is 5.69 Å². The molecule has 1 aromatic heterocycles. The van der Waals surface area contributed by atoms with E-state index in [0.29, 0.717) is 35.7 Å². The molecule has 0 spiro atoms. The number of nitrogens with two attached hydrogens (primary N) is 1. The first-order chi connectivity index (χ1) is 14.0. The Morgan fingerprint density at radius 1 is 1.41 bits per heavy atom. The van der Waals surface area contributed by atoms with E-state index in [4.69, 9.17) is 10.5 Å². The van der Waals surface area contributed by atoms with Gasteiger partial charge in [0.1, 0.15) is 11.6 Å². The predicted octanol–water partition coefficient (Wildman–Crippen LogP) is 2.03. The smallest absolute Gasteiger partial charge is 0.254 e. The van der Waals surface area contributed by atoms with Gasteiger partial charge in [0.05, 0.1) is 17.9 Å². The number of carbonyl (C=O) groups excluding carboxylic acids is 1. The van der Waals surface area contributed by atoms with Crippen LogP contribution in [0.3, 0.4) is 0 Å². The summed E-state index contributed by atoms with van der Waals surface area (Å²) in [6, 6.07) is 7.20. The van der Waals surface area contributed by atoms with Crippen molar-refractivity contribution in [3.05, 3.63) is 53.3 Å². The van der Waals surface area contributed by atoms with Crippen LogP contribution in [0.15, 0.2) is 41.1 Å². The first-order valence-corrected chi connectivity index (χ1v) is 10.6. The Labute approximate surface area is 171 Å². The second-order valence-corrected chi connectivity index (χ2v) is 8.15. The number of nitrogens with zero attached hydrogens (tertiary/aromatic N) is 3. The molecule has 2 aliphatic rings. The summed E-state index contributed by atoms with van der Waals surface area (Å²) < 4.78 is 24.4. The number of aromatic nitrogens is 1. The lowest BCUT2D eigenvalue weighted by Gasteiger charge is -2.33. The molecule has 4 rings (SSSR count). The Hall–Kier alpha value is -2.94. The van der Waals surface area contributed by atoms with E-state index in [0.717, 1.165) is 24.9 Å². The van der Waals surface area contributed by atoms with Gasteiger partial charge in [0.2, 0.25) is 11.2 Å². The van der Waals surface area contributed by atoms with Gasteiger partial charge in [-0.25, -0.2) is 4.21 Å². The molecule has 3 heterocycles. The molecule has 2 aliphatic heterocycles. The summed E-state index contributed by atoms with van der Waals surface area (Å²) in [4.78, 5) is 18.8. The zero-order chi connectivity index (χ0) is 20.4. The monoisotopic (exact) mass is 413 g/mol. The second kappa shape index (κ2) is 8.20. The fourth-order valence-electron chi connectivity index (χ4n) is 3.73. The number of amidine groups is 1. The SMILES string of the molecule is Cc1cnccc1C(=O)N1CCC[C@H](COc2cccc3c2C(N)=NS(=O)N3)C1. The molecule has 8 nitrogen and oxygen atoms in total. The maximum atomic E-state index is 12.9. The Morgan fingerprint density at radius 3 is 3.10 bits per heavy atom. The van der Waals surface area contributed by atoms with Gasteiger partial charge in [0.25, 0.3) is 5.91 Å². The van der Waals surface area contributed by atoms with Crippen LogP contribution >= 0.6 is 0 Å². The second-order valence-electron chi connectivity index (χ2n) is 7.27. The van der Waals surface area contributed by atoms with Crippen LogP contribution in [0.5, 0.6) is 5.75 Å². The maximum Gasteiger partial charge on any atom is 0.254 e. The van der Waals surface area contributed by atoms with Gasteiger partial charge in [0.15, 0.2) is 0 Å². The molecule has 1 amide bonds. The van der Waals surface area contributed by atoms with Crippen molar-refractivity contribution in [2.24, 2.45) is 16.0 Å².